The Labute approximate surface area is 93.9 Å². The zero-order valence-corrected chi connectivity index (χ0v) is 10.0. The van der Waals surface area contributed by atoms with Crippen LogP contribution in [0.3, 0.4) is 0 Å². The molecule has 4 atom stereocenters. The van der Waals surface area contributed by atoms with Gasteiger partial charge in [-0.15, -0.1) is 35.0 Å². The van der Waals surface area contributed by atoms with E-state index >= 15 is 0 Å². The molecule has 13 heavy (non-hydrogen) atoms. The SMILES string of the molecule is CCCSC1CC(Cl)C(N)C(Cl)N1. The first-order valence-corrected chi connectivity index (χ1v) is 6.48. The predicted octanol–water partition coefficient (Wildman–Crippen LogP) is 1.95. The maximum absolute atomic E-state index is 6.07. The number of rotatable bonds is 3. The Balaban J connectivity index is 2.35. The van der Waals surface area contributed by atoms with Gasteiger partial charge in [0.2, 0.25) is 0 Å². The molecule has 1 heterocycles. The Morgan fingerprint density at radius 2 is 2.23 bits per heavy atom. The average Bonchev–Trinajstić information content (AvgIpc) is 2.10. The van der Waals surface area contributed by atoms with Crippen molar-refractivity contribution in [2.75, 3.05) is 5.75 Å². The van der Waals surface area contributed by atoms with Crippen molar-refractivity contribution >= 4 is 35.0 Å². The number of hydrogen-bond donors (Lipinski definition) is 2. The number of alkyl halides is 2. The summed E-state index contributed by atoms with van der Waals surface area (Å²) >= 11 is 13.9. The minimum atomic E-state index is -0.189. The molecule has 0 aromatic heterocycles. The van der Waals surface area contributed by atoms with Crippen molar-refractivity contribution in [2.24, 2.45) is 5.73 Å². The van der Waals surface area contributed by atoms with Crippen molar-refractivity contribution in [3.8, 4) is 0 Å². The molecule has 0 radical (unpaired) electrons. The minimum absolute atomic E-state index is 0.00175. The smallest absolute Gasteiger partial charge is 0.100 e. The van der Waals surface area contributed by atoms with Crippen molar-refractivity contribution in [1.82, 2.24) is 5.32 Å². The highest BCUT2D eigenvalue weighted by atomic mass is 35.5. The van der Waals surface area contributed by atoms with Crippen LogP contribution in [-0.4, -0.2) is 28.0 Å². The third kappa shape index (κ3) is 3.48. The van der Waals surface area contributed by atoms with Crippen LogP contribution in [0.25, 0.3) is 0 Å². The largest absolute Gasteiger partial charge is 0.324 e. The van der Waals surface area contributed by atoms with Crippen LogP contribution in [0.1, 0.15) is 19.8 Å². The quantitative estimate of drug-likeness (QED) is 0.587. The summed E-state index contributed by atoms with van der Waals surface area (Å²) in [4.78, 5) is 0. The van der Waals surface area contributed by atoms with E-state index < -0.39 is 0 Å². The van der Waals surface area contributed by atoms with E-state index in [0.717, 1.165) is 12.2 Å². The molecule has 1 aliphatic rings. The monoisotopic (exact) mass is 242 g/mol. The molecule has 78 valence electrons. The Kier molecular flexibility index (Phi) is 5.19. The molecular weight excluding hydrogens is 227 g/mol. The first-order valence-electron chi connectivity index (χ1n) is 4.56. The fraction of sp³-hybridized carbons (Fsp3) is 1.00. The van der Waals surface area contributed by atoms with Gasteiger partial charge in [0, 0.05) is 0 Å². The molecule has 0 aromatic rings. The van der Waals surface area contributed by atoms with E-state index in [4.69, 9.17) is 28.9 Å². The molecule has 5 heteroatoms. The summed E-state index contributed by atoms with van der Waals surface area (Å²) in [6.07, 6.45) is 2.07. The van der Waals surface area contributed by atoms with E-state index in [1.54, 1.807) is 0 Å². The lowest BCUT2D eigenvalue weighted by Gasteiger charge is -2.35. The highest BCUT2D eigenvalue weighted by molar-refractivity contribution is 7.99. The average molecular weight is 243 g/mol. The van der Waals surface area contributed by atoms with Gasteiger partial charge in [0.1, 0.15) is 5.50 Å². The molecule has 1 saturated heterocycles. The molecule has 0 aromatic carbocycles. The molecule has 1 fully saturated rings. The molecule has 0 saturated carbocycles. The Hall–Kier alpha value is 0.850. The van der Waals surface area contributed by atoms with Crippen LogP contribution in [0.4, 0.5) is 0 Å². The summed E-state index contributed by atoms with van der Waals surface area (Å²) in [5, 5.41) is 3.61. The molecule has 3 N–H and O–H groups in total. The van der Waals surface area contributed by atoms with Gasteiger partial charge in [-0.25, -0.2) is 0 Å². The summed E-state index contributed by atoms with van der Waals surface area (Å²) in [6.45, 7) is 2.16. The van der Waals surface area contributed by atoms with Gasteiger partial charge in [-0.05, 0) is 18.6 Å². The lowest BCUT2D eigenvalue weighted by molar-refractivity contribution is 0.412. The van der Waals surface area contributed by atoms with Gasteiger partial charge >= 0.3 is 0 Å². The van der Waals surface area contributed by atoms with Gasteiger partial charge in [-0.1, -0.05) is 6.92 Å². The summed E-state index contributed by atoms with van der Waals surface area (Å²) in [5.74, 6) is 1.14. The van der Waals surface area contributed by atoms with E-state index in [1.807, 2.05) is 11.8 Å². The molecular formula is C8H16Cl2N2S. The van der Waals surface area contributed by atoms with Gasteiger partial charge in [-0.3, -0.25) is 5.32 Å². The summed E-state index contributed by atoms with van der Waals surface area (Å²) < 4.78 is 0. The molecule has 1 rings (SSSR count). The number of nitrogens with two attached hydrogens (primary N) is 1. The van der Waals surface area contributed by atoms with Gasteiger partial charge in [0.15, 0.2) is 0 Å². The van der Waals surface area contributed by atoms with Gasteiger partial charge in [0.05, 0.1) is 16.8 Å². The lowest BCUT2D eigenvalue weighted by Crippen LogP contribution is -2.55. The summed E-state index contributed by atoms with van der Waals surface area (Å²) in [5.41, 5.74) is 5.59. The Morgan fingerprint density at radius 1 is 1.54 bits per heavy atom. The van der Waals surface area contributed by atoms with Gasteiger partial charge < -0.3 is 5.73 Å². The summed E-state index contributed by atoms with van der Waals surface area (Å²) in [7, 11) is 0. The third-order valence-electron chi connectivity index (χ3n) is 2.06. The lowest BCUT2D eigenvalue weighted by atomic mass is 10.1. The number of hydrogen-bond acceptors (Lipinski definition) is 3. The normalized spacial score (nSPS) is 40.6. The van der Waals surface area contributed by atoms with E-state index in [9.17, 15) is 0 Å². The molecule has 0 amide bonds. The van der Waals surface area contributed by atoms with Gasteiger partial charge in [0.25, 0.3) is 0 Å². The second-order valence-electron chi connectivity index (χ2n) is 3.26. The maximum Gasteiger partial charge on any atom is 0.100 e. The van der Waals surface area contributed by atoms with Crippen molar-refractivity contribution < 1.29 is 0 Å². The van der Waals surface area contributed by atoms with Crippen LogP contribution >= 0.6 is 35.0 Å². The molecule has 0 aliphatic carbocycles. The third-order valence-corrected chi connectivity index (χ3v) is 4.32. The molecule has 1 aliphatic heterocycles. The zero-order chi connectivity index (χ0) is 9.84. The summed E-state index contributed by atoms with van der Waals surface area (Å²) in [6, 6.07) is -0.137. The van der Waals surface area contributed by atoms with Crippen molar-refractivity contribution in [2.45, 2.75) is 42.1 Å². The van der Waals surface area contributed by atoms with E-state index in [0.29, 0.717) is 5.37 Å². The number of nitrogens with one attached hydrogen (secondary N) is 1. The van der Waals surface area contributed by atoms with Gasteiger partial charge in [-0.2, -0.15) is 0 Å². The van der Waals surface area contributed by atoms with Crippen LogP contribution in [0.2, 0.25) is 0 Å². The van der Waals surface area contributed by atoms with E-state index in [-0.39, 0.29) is 16.9 Å². The van der Waals surface area contributed by atoms with Crippen molar-refractivity contribution in [1.29, 1.82) is 0 Å². The standard InChI is InChI=1S/C8H16Cl2N2S/c1-2-3-13-6-4-5(9)7(11)8(10)12-6/h5-8,12H,2-4,11H2,1H3. The molecule has 0 spiro atoms. The van der Waals surface area contributed by atoms with Crippen LogP contribution < -0.4 is 11.1 Å². The second kappa shape index (κ2) is 5.66. The highest BCUT2D eigenvalue weighted by Gasteiger charge is 2.32. The topological polar surface area (TPSA) is 38.0 Å². The highest BCUT2D eigenvalue weighted by Crippen LogP contribution is 2.26. The number of piperidine rings is 1. The Morgan fingerprint density at radius 3 is 2.77 bits per heavy atom. The molecule has 2 nitrogen and oxygen atoms in total. The number of halogens is 2. The fourth-order valence-corrected chi connectivity index (χ4v) is 3.29. The van der Waals surface area contributed by atoms with Crippen LogP contribution in [0.5, 0.6) is 0 Å². The number of thioether (sulfide) groups is 1. The molecule has 0 bridgehead atoms. The first kappa shape index (κ1) is 11.9. The minimum Gasteiger partial charge on any atom is -0.324 e. The van der Waals surface area contributed by atoms with Crippen LogP contribution in [0, 0.1) is 0 Å². The molecule has 4 unspecified atom stereocenters. The Bertz CT molecular complexity index is 147. The second-order valence-corrected chi connectivity index (χ2v) is 5.60. The van der Waals surface area contributed by atoms with E-state index in [1.165, 1.54) is 6.42 Å². The first-order chi connectivity index (χ1) is 6.15. The predicted molar refractivity (Wildman–Crippen MR) is 61.5 cm³/mol. The zero-order valence-electron chi connectivity index (χ0n) is 7.67. The fourth-order valence-electron chi connectivity index (χ4n) is 1.28. The van der Waals surface area contributed by atoms with Crippen molar-refractivity contribution in [3.63, 3.8) is 0 Å². The van der Waals surface area contributed by atoms with Crippen LogP contribution in [0.15, 0.2) is 0 Å². The van der Waals surface area contributed by atoms with E-state index in [2.05, 4.69) is 12.2 Å². The maximum atomic E-state index is 6.07. The van der Waals surface area contributed by atoms with Crippen molar-refractivity contribution in [3.05, 3.63) is 0 Å². The van der Waals surface area contributed by atoms with Crippen LogP contribution in [-0.2, 0) is 0 Å².